The first kappa shape index (κ1) is 19.6. The highest BCUT2D eigenvalue weighted by Crippen LogP contribution is 2.39. The van der Waals surface area contributed by atoms with Crippen molar-refractivity contribution in [2.45, 2.75) is 38.5 Å². The van der Waals surface area contributed by atoms with Crippen LogP contribution in [0.3, 0.4) is 0 Å². The predicted molar refractivity (Wildman–Crippen MR) is 110 cm³/mol. The molecule has 1 aromatic heterocycles. The number of benzene rings is 1. The van der Waals surface area contributed by atoms with E-state index in [-0.39, 0.29) is 35.6 Å². The molecule has 1 unspecified atom stereocenters. The second-order valence-corrected chi connectivity index (χ2v) is 6.75. The highest BCUT2D eigenvalue weighted by molar-refractivity contribution is 14.0. The van der Waals surface area contributed by atoms with Gasteiger partial charge in [0.2, 0.25) is 0 Å². The Labute approximate surface area is 166 Å². The summed E-state index contributed by atoms with van der Waals surface area (Å²) >= 11 is 0. The van der Waals surface area contributed by atoms with E-state index in [9.17, 15) is 0 Å². The summed E-state index contributed by atoms with van der Waals surface area (Å²) in [5.74, 6) is 1.71. The quantitative estimate of drug-likeness (QED) is 0.425. The van der Waals surface area contributed by atoms with Crippen molar-refractivity contribution in [3.05, 3.63) is 47.8 Å². The fraction of sp³-hybridized carbons (Fsp3) is 0.444. The number of halogens is 1. The average Bonchev–Trinajstić information content (AvgIpc) is 2.95. The molecule has 7 heteroatoms. The molecule has 0 radical (unpaired) electrons. The Hall–Kier alpha value is -1.77. The Bertz CT molecular complexity index is 741. The molecule has 25 heavy (non-hydrogen) atoms. The second-order valence-electron chi connectivity index (χ2n) is 6.75. The highest BCUT2D eigenvalue weighted by atomic mass is 127. The average molecular weight is 455 g/mol. The Kier molecular flexibility index (Phi) is 6.31. The lowest BCUT2D eigenvalue weighted by Gasteiger charge is -2.38. The van der Waals surface area contributed by atoms with Crippen molar-refractivity contribution in [1.82, 2.24) is 20.4 Å². The van der Waals surface area contributed by atoms with Gasteiger partial charge in [0, 0.05) is 44.4 Å². The first-order valence-electron chi connectivity index (χ1n) is 8.19. The van der Waals surface area contributed by atoms with Gasteiger partial charge >= 0.3 is 0 Å². The maximum Gasteiger partial charge on any atom is 0.191 e. The molecule has 0 spiro atoms. The van der Waals surface area contributed by atoms with Crippen molar-refractivity contribution in [3.8, 4) is 5.75 Å². The molecule has 0 fully saturated rings. The molecule has 0 aliphatic carbocycles. The third kappa shape index (κ3) is 4.87. The van der Waals surface area contributed by atoms with Crippen LogP contribution in [-0.4, -0.2) is 28.4 Å². The standard InChI is InChI=1S/C18H25N5O.HI/c1-18(2)9-15(14-7-5-6-8-16(14)24-18)22-17(19-3)20-10-13-11-21-23(4)12-13;/h5-8,11-12,15H,9-10H2,1-4H3,(H2,19,20,22);1H. The highest BCUT2D eigenvalue weighted by Gasteiger charge is 2.33. The van der Waals surface area contributed by atoms with E-state index in [2.05, 4.69) is 40.6 Å². The maximum absolute atomic E-state index is 6.09. The third-order valence-electron chi connectivity index (χ3n) is 4.13. The summed E-state index contributed by atoms with van der Waals surface area (Å²) in [6.07, 6.45) is 4.72. The molecular formula is C18H26IN5O. The lowest BCUT2D eigenvalue weighted by molar-refractivity contribution is 0.0694. The number of aromatic nitrogens is 2. The van der Waals surface area contributed by atoms with E-state index in [0.717, 1.165) is 23.7 Å². The van der Waals surface area contributed by atoms with E-state index in [4.69, 9.17) is 4.74 Å². The predicted octanol–water partition coefficient (Wildman–Crippen LogP) is 3.01. The number of fused-ring (bicyclic) bond motifs is 1. The summed E-state index contributed by atoms with van der Waals surface area (Å²) in [5, 5.41) is 11.1. The summed E-state index contributed by atoms with van der Waals surface area (Å²) < 4.78 is 7.88. The summed E-state index contributed by atoms with van der Waals surface area (Å²) in [5.41, 5.74) is 2.07. The monoisotopic (exact) mass is 455 g/mol. The van der Waals surface area contributed by atoms with Gasteiger partial charge in [-0.1, -0.05) is 18.2 Å². The zero-order chi connectivity index (χ0) is 17.2. The molecule has 0 saturated carbocycles. The number of nitrogens with one attached hydrogen (secondary N) is 2. The van der Waals surface area contributed by atoms with Gasteiger partial charge in [-0.2, -0.15) is 5.10 Å². The number of hydrogen-bond donors (Lipinski definition) is 2. The molecular weight excluding hydrogens is 429 g/mol. The Morgan fingerprint density at radius 3 is 2.84 bits per heavy atom. The molecule has 1 aliphatic rings. The van der Waals surface area contributed by atoms with Gasteiger partial charge in [-0.3, -0.25) is 9.67 Å². The Balaban J connectivity index is 0.00000225. The number of nitrogens with zero attached hydrogens (tertiary/aromatic N) is 3. The largest absolute Gasteiger partial charge is 0.487 e. The number of ether oxygens (including phenoxy) is 1. The SMILES string of the molecule is CN=C(NCc1cnn(C)c1)NC1CC(C)(C)Oc2ccccc21.I. The molecule has 6 nitrogen and oxygen atoms in total. The van der Waals surface area contributed by atoms with E-state index in [1.807, 2.05) is 37.6 Å². The van der Waals surface area contributed by atoms with E-state index in [1.54, 1.807) is 11.7 Å². The minimum Gasteiger partial charge on any atom is -0.487 e. The Morgan fingerprint density at radius 1 is 1.40 bits per heavy atom. The third-order valence-corrected chi connectivity index (χ3v) is 4.13. The van der Waals surface area contributed by atoms with Crippen LogP contribution >= 0.6 is 24.0 Å². The van der Waals surface area contributed by atoms with Crippen molar-refractivity contribution in [1.29, 1.82) is 0 Å². The van der Waals surface area contributed by atoms with Gasteiger partial charge in [0.1, 0.15) is 11.4 Å². The molecule has 1 aliphatic heterocycles. The van der Waals surface area contributed by atoms with Crippen LogP contribution in [0.1, 0.15) is 37.4 Å². The van der Waals surface area contributed by atoms with Crippen LogP contribution in [0.15, 0.2) is 41.7 Å². The number of rotatable bonds is 3. The molecule has 2 N–H and O–H groups in total. The zero-order valence-electron chi connectivity index (χ0n) is 15.1. The molecule has 3 rings (SSSR count). The maximum atomic E-state index is 6.09. The van der Waals surface area contributed by atoms with Gasteiger partial charge in [-0.05, 0) is 19.9 Å². The first-order valence-corrected chi connectivity index (χ1v) is 8.19. The van der Waals surface area contributed by atoms with Gasteiger partial charge in [0.15, 0.2) is 5.96 Å². The molecule has 2 heterocycles. The first-order chi connectivity index (χ1) is 11.5. The number of aryl methyl sites for hydroxylation is 1. The lowest BCUT2D eigenvalue weighted by atomic mass is 9.90. The van der Waals surface area contributed by atoms with Gasteiger partial charge in [-0.15, -0.1) is 24.0 Å². The fourth-order valence-corrected chi connectivity index (χ4v) is 3.04. The van der Waals surface area contributed by atoms with Gasteiger partial charge in [0.25, 0.3) is 0 Å². The van der Waals surface area contributed by atoms with Crippen molar-refractivity contribution in [2.75, 3.05) is 7.05 Å². The van der Waals surface area contributed by atoms with Crippen LogP contribution in [0, 0.1) is 0 Å². The van der Waals surface area contributed by atoms with Crippen molar-refractivity contribution < 1.29 is 4.74 Å². The van der Waals surface area contributed by atoms with E-state index in [1.165, 1.54) is 5.56 Å². The van der Waals surface area contributed by atoms with Crippen LogP contribution < -0.4 is 15.4 Å². The van der Waals surface area contributed by atoms with Crippen LogP contribution in [-0.2, 0) is 13.6 Å². The van der Waals surface area contributed by atoms with Crippen LogP contribution in [0.25, 0.3) is 0 Å². The minimum absolute atomic E-state index is 0. The second kappa shape index (κ2) is 8.07. The van der Waals surface area contributed by atoms with Crippen molar-refractivity contribution in [3.63, 3.8) is 0 Å². The van der Waals surface area contributed by atoms with E-state index in [0.29, 0.717) is 6.54 Å². The zero-order valence-corrected chi connectivity index (χ0v) is 17.4. The van der Waals surface area contributed by atoms with E-state index >= 15 is 0 Å². The summed E-state index contributed by atoms with van der Waals surface area (Å²) in [4.78, 5) is 4.35. The molecule has 136 valence electrons. The topological polar surface area (TPSA) is 63.5 Å². The van der Waals surface area contributed by atoms with Crippen molar-refractivity contribution >= 4 is 29.9 Å². The van der Waals surface area contributed by atoms with Crippen molar-refractivity contribution in [2.24, 2.45) is 12.0 Å². The summed E-state index contributed by atoms with van der Waals surface area (Å²) in [6, 6.07) is 8.34. The fourth-order valence-electron chi connectivity index (χ4n) is 3.04. The molecule has 1 aromatic carbocycles. The lowest BCUT2D eigenvalue weighted by Crippen LogP contribution is -2.45. The minimum atomic E-state index is -0.214. The molecule has 0 amide bonds. The number of hydrogen-bond acceptors (Lipinski definition) is 3. The van der Waals surface area contributed by atoms with E-state index < -0.39 is 0 Å². The molecule has 1 atom stereocenters. The van der Waals surface area contributed by atoms with Crippen LogP contribution in [0.4, 0.5) is 0 Å². The molecule has 2 aromatic rings. The molecule has 0 bridgehead atoms. The summed E-state index contributed by atoms with van der Waals surface area (Å²) in [7, 11) is 3.70. The normalized spacial score (nSPS) is 18.6. The number of para-hydroxylation sites is 1. The van der Waals surface area contributed by atoms with Gasteiger partial charge in [-0.25, -0.2) is 0 Å². The summed E-state index contributed by atoms with van der Waals surface area (Å²) in [6.45, 7) is 4.91. The molecule has 0 saturated heterocycles. The van der Waals surface area contributed by atoms with Gasteiger partial charge in [0.05, 0.1) is 12.2 Å². The van der Waals surface area contributed by atoms with Crippen LogP contribution in [0.5, 0.6) is 5.75 Å². The van der Waals surface area contributed by atoms with Gasteiger partial charge < -0.3 is 15.4 Å². The van der Waals surface area contributed by atoms with Crippen LogP contribution in [0.2, 0.25) is 0 Å². The number of aliphatic imine (C=N–C) groups is 1. The smallest absolute Gasteiger partial charge is 0.191 e. The Morgan fingerprint density at radius 2 is 2.16 bits per heavy atom. The number of guanidine groups is 1.